The minimum atomic E-state index is -0.308. The number of fused-ring (bicyclic) bond motifs is 1. The number of hydrogen-bond acceptors (Lipinski definition) is 4. The molecule has 0 aliphatic heterocycles. The Morgan fingerprint density at radius 1 is 1.18 bits per heavy atom. The quantitative estimate of drug-likeness (QED) is 0.800. The van der Waals surface area contributed by atoms with E-state index in [4.69, 9.17) is 10.5 Å². The molecule has 2 aromatic carbocycles. The van der Waals surface area contributed by atoms with Crippen LogP contribution in [-0.4, -0.2) is 16.9 Å². The zero-order chi connectivity index (χ0) is 15.5. The van der Waals surface area contributed by atoms with Crippen molar-refractivity contribution in [2.45, 2.75) is 12.6 Å². The maximum Gasteiger partial charge on any atom is 0.274 e. The van der Waals surface area contributed by atoms with Crippen molar-refractivity contribution in [2.24, 2.45) is 5.73 Å². The lowest BCUT2D eigenvalue weighted by Gasteiger charge is -2.14. The molecule has 0 aliphatic carbocycles. The molecule has 0 fully saturated rings. The van der Waals surface area contributed by atoms with E-state index in [1.54, 1.807) is 19.4 Å². The van der Waals surface area contributed by atoms with E-state index < -0.39 is 0 Å². The third kappa shape index (κ3) is 2.71. The Hall–Kier alpha value is -2.66. The summed E-state index contributed by atoms with van der Waals surface area (Å²) in [7, 11) is 1.62. The van der Waals surface area contributed by atoms with Gasteiger partial charge in [-0.2, -0.15) is 5.10 Å². The molecule has 112 valence electrons. The molecule has 22 heavy (non-hydrogen) atoms. The van der Waals surface area contributed by atoms with E-state index >= 15 is 0 Å². The van der Waals surface area contributed by atoms with Crippen molar-refractivity contribution in [1.29, 1.82) is 0 Å². The van der Waals surface area contributed by atoms with Gasteiger partial charge >= 0.3 is 0 Å². The first-order chi connectivity index (χ1) is 10.7. The number of nitrogens with zero attached hydrogens (tertiary/aromatic N) is 2. The van der Waals surface area contributed by atoms with Crippen molar-refractivity contribution in [3.05, 3.63) is 70.6 Å². The second-order valence-corrected chi connectivity index (χ2v) is 5.10. The molecule has 0 radical (unpaired) electrons. The van der Waals surface area contributed by atoms with Crippen LogP contribution >= 0.6 is 0 Å². The second kappa shape index (κ2) is 5.99. The fourth-order valence-electron chi connectivity index (χ4n) is 2.40. The van der Waals surface area contributed by atoms with Gasteiger partial charge in [-0.25, -0.2) is 4.68 Å². The molecule has 0 spiro atoms. The molecule has 0 saturated heterocycles. The summed E-state index contributed by atoms with van der Waals surface area (Å²) in [5.74, 6) is 0.775. The van der Waals surface area contributed by atoms with E-state index in [1.807, 2.05) is 42.5 Å². The van der Waals surface area contributed by atoms with Crippen LogP contribution in [0.15, 0.2) is 59.5 Å². The lowest BCUT2D eigenvalue weighted by molar-refractivity contribution is 0.414. The van der Waals surface area contributed by atoms with Crippen LogP contribution in [0, 0.1) is 0 Å². The number of nitrogens with two attached hydrogens (primary N) is 1. The molecule has 1 unspecified atom stereocenters. The zero-order valence-corrected chi connectivity index (χ0v) is 12.3. The molecule has 3 aromatic rings. The van der Waals surface area contributed by atoms with Gasteiger partial charge in [0.2, 0.25) is 0 Å². The fourth-order valence-corrected chi connectivity index (χ4v) is 2.40. The highest BCUT2D eigenvalue weighted by Crippen LogP contribution is 2.17. The van der Waals surface area contributed by atoms with Gasteiger partial charge in [-0.15, -0.1) is 0 Å². The molecule has 2 N–H and O–H groups in total. The summed E-state index contributed by atoms with van der Waals surface area (Å²) in [6, 6.07) is 14.6. The van der Waals surface area contributed by atoms with Gasteiger partial charge in [-0.3, -0.25) is 4.79 Å². The van der Waals surface area contributed by atoms with E-state index in [-0.39, 0.29) is 11.6 Å². The molecule has 5 heteroatoms. The Balaban J connectivity index is 1.88. The Bertz CT molecular complexity index is 840. The van der Waals surface area contributed by atoms with Gasteiger partial charge in [0, 0.05) is 11.4 Å². The highest BCUT2D eigenvalue weighted by molar-refractivity contribution is 5.80. The zero-order valence-electron chi connectivity index (χ0n) is 12.3. The average molecular weight is 295 g/mol. The number of aromatic nitrogens is 2. The van der Waals surface area contributed by atoms with Gasteiger partial charge in [-0.1, -0.05) is 30.3 Å². The van der Waals surface area contributed by atoms with Crippen LogP contribution in [0.4, 0.5) is 0 Å². The van der Waals surface area contributed by atoms with Crippen LogP contribution in [0.25, 0.3) is 10.8 Å². The maximum absolute atomic E-state index is 12.4. The molecule has 0 amide bonds. The molecule has 0 bridgehead atoms. The van der Waals surface area contributed by atoms with Gasteiger partial charge in [0.05, 0.1) is 25.2 Å². The average Bonchev–Trinajstić information content (AvgIpc) is 2.57. The second-order valence-electron chi connectivity index (χ2n) is 5.10. The van der Waals surface area contributed by atoms with Crippen molar-refractivity contribution >= 4 is 10.8 Å². The lowest BCUT2D eigenvalue weighted by Crippen LogP contribution is -2.28. The van der Waals surface area contributed by atoms with Crippen LogP contribution < -0.4 is 16.0 Å². The van der Waals surface area contributed by atoms with E-state index in [9.17, 15) is 4.79 Å². The number of methoxy groups -OCH3 is 1. The van der Waals surface area contributed by atoms with E-state index in [0.29, 0.717) is 11.9 Å². The Morgan fingerprint density at radius 2 is 1.91 bits per heavy atom. The molecule has 0 aliphatic rings. The number of ether oxygens (including phenoxy) is 1. The van der Waals surface area contributed by atoms with E-state index in [2.05, 4.69) is 5.10 Å². The summed E-state index contributed by atoms with van der Waals surface area (Å²) in [6.45, 7) is 0.329. The van der Waals surface area contributed by atoms with Crippen LogP contribution in [-0.2, 0) is 6.54 Å². The normalized spacial score (nSPS) is 12.3. The smallest absolute Gasteiger partial charge is 0.274 e. The largest absolute Gasteiger partial charge is 0.497 e. The van der Waals surface area contributed by atoms with Crippen LogP contribution in [0.1, 0.15) is 11.6 Å². The SMILES string of the molecule is COc1ccc(C(N)Cn2ncc3ccccc3c2=O)cc1. The number of hydrogen-bond donors (Lipinski definition) is 1. The summed E-state index contributed by atoms with van der Waals surface area (Å²) < 4.78 is 6.54. The number of benzene rings is 2. The summed E-state index contributed by atoms with van der Waals surface area (Å²) >= 11 is 0. The molecular weight excluding hydrogens is 278 g/mol. The first-order valence-electron chi connectivity index (χ1n) is 7.03. The highest BCUT2D eigenvalue weighted by Gasteiger charge is 2.10. The third-order valence-electron chi connectivity index (χ3n) is 3.68. The minimum Gasteiger partial charge on any atom is -0.497 e. The summed E-state index contributed by atoms with van der Waals surface area (Å²) in [5.41, 5.74) is 7.00. The first-order valence-corrected chi connectivity index (χ1v) is 7.03. The first kappa shape index (κ1) is 14.3. The van der Waals surface area contributed by atoms with Crippen LogP contribution in [0.2, 0.25) is 0 Å². The number of rotatable bonds is 4. The van der Waals surface area contributed by atoms with Gasteiger partial charge in [-0.05, 0) is 23.8 Å². The Morgan fingerprint density at radius 3 is 2.64 bits per heavy atom. The highest BCUT2D eigenvalue weighted by atomic mass is 16.5. The molecule has 1 aromatic heterocycles. The Kier molecular flexibility index (Phi) is 3.89. The molecular formula is C17H17N3O2. The fraction of sp³-hybridized carbons (Fsp3) is 0.176. The van der Waals surface area contributed by atoms with Crippen molar-refractivity contribution in [3.8, 4) is 5.75 Å². The predicted octanol–water partition coefficient (Wildman–Crippen LogP) is 2.11. The van der Waals surface area contributed by atoms with Crippen molar-refractivity contribution in [2.75, 3.05) is 7.11 Å². The van der Waals surface area contributed by atoms with Crippen molar-refractivity contribution in [1.82, 2.24) is 9.78 Å². The summed E-state index contributed by atoms with van der Waals surface area (Å²) in [6.07, 6.45) is 1.69. The van der Waals surface area contributed by atoms with E-state index in [1.165, 1.54) is 4.68 Å². The Labute approximate surface area is 127 Å². The minimum absolute atomic E-state index is 0.123. The van der Waals surface area contributed by atoms with Gasteiger partial charge in [0.1, 0.15) is 5.75 Å². The molecule has 1 heterocycles. The van der Waals surface area contributed by atoms with Crippen molar-refractivity contribution in [3.63, 3.8) is 0 Å². The summed E-state index contributed by atoms with van der Waals surface area (Å²) in [4.78, 5) is 12.4. The molecule has 0 saturated carbocycles. The van der Waals surface area contributed by atoms with Crippen LogP contribution in [0.3, 0.4) is 0 Å². The van der Waals surface area contributed by atoms with Crippen molar-refractivity contribution < 1.29 is 4.74 Å². The van der Waals surface area contributed by atoms with E-state index in [0.717, 1.165) is 16.7 Å². The predicted molar refractivity (Wildman–Crippen MR) is 85.9 cm³/mol. The standard InChI is InChI=1S/C17H17N3O2/c1-22-14-8-6-12(7-9-14)16(18)11-20-17(21)15-5-3-2-4-13(15)10-19-20/h2-10,16H,11,18H2,1H3. The lowest BCUT2D eigenvalue weighted by atomic mass is 10.1. The monoisotopic (exact) mass is 295 g/mol. The summed E-state index contributed by atoms with van der Waals surface area (Å²) in [5, 5.41) is 5.69. The maximum atomic E-state index is 12.4. The van der Waals surface area contributed by atoms with Crippen LogP contribution in [0.5, 0.6) is 5.75 Å². The molecule has 5 nitrogen and oxygen atoms in total. The van der Waals surface area contributed by atoms with Gasteiger partial charge < -0.3 is 10.5 Å². The van der Waals surface area contributed by atoms with Gasteiger partial charge in [0.25, 0.3) is 5.56 Å². The molecule has 1 atom stereocenters. The topological polar surface area (TPSA) is 70.1 Å². The molecule has 3 rings (SSSR count). The third-order valence-corrected chi connectivity index (χ3v) is 3.68. The van der Waals surface area contributed by atoms with Gasteiger partial charge in [0.15, 0.2) is 0 Å².